The SMILES string of the molecule is NNc1ncc(F)c(Oc2cc([N+](=O)[O-])ccc2Cl)n1. The predicted molar refractivity (Wildman–Crippen MR) is 68.0 cm³/mol. The Bertz CT molecular complexity index is 669. The topological polar surface area (TPSA) is 116 Å². The highest BCUT2D eigenvalue weighted by Gasteiger charge is 2.15. The van der Waals surface area contributed by atoms with Crippen LogP contribution in [0.5, 0.6) is 11.6 Å². The minimum absolute atomic E-state index is 0.0656. The molecule has 1 aromatic carbocycles. The van der Waals surface area contributed by atoms with Crippen LogP contribution < -0.4 is 16.0 Å². The summed E-state index contributed by atoms with van der Waals surface area (Å²) >= 11 is 5.82. The van der Waals surface area contributed by atoms with Gasteiger partial charge in [0.2, 0.25) is 11.8 Å². The first-order valence-electron chi connectivity index (χ1n) is 5.12. The van der Waals surface area contributed by atoms with E-state index in [0.717, 1.165) is 12.3 Å². The van der Waals surface area contributed by atoms with Crippen molar-refractivity contribution in [1.82, 2.24) is 9.97 Å². The fourth-order valence-electron chi connectivity index (χ4n) is 1.28. The molecule has 0 fully saturated rings. The number of rotatable bonds is 4. The zero-order valence-electron chi connectivity index (χ0n) is 9.71. The van der Waals surface area contributed by atoms with Gasteiger partial charge in [-0.15, -0.1) is 0 Å². The average molecular weight is 300 g/mol. The Labute approximate surface area is 116 Å². The van der Waals surface area contributed by atoms with Crippen LogP contribution in [0.4, 0.5) is 16.0 Å². The lowest BCUT2D eigenvalue weighted by molar-refractivity contribution is -0.384. The van der Waals surface area contributed by atoms with Crippen molar-refractivity contribution in [3.63, 3.8) is 0 Å². The number of hydrazine groups is 1. The molecular weight excluding hydrogens is 293 g/mol. The molecule has 2 rings (SSSR count). The Kier molecular flexibility index (Phi) is 3.91. The number of nitrogens with one attached hydrogen (secondary N) is 1. The highest BCUT2D eigenvalue weighted by molar-refractivity contribution is 6.32. The van der Waals surface area contributed by atoms with E-state index in [1.807, 2.05) is 0 Å². The van der Waals surface area contributed by atoms with E-state index < -0.39 is 16.6 Å². The summed E-state index contributed by atoms with van der Waals surface area (Å²) in [6.07, 6.45) is 0.836. The van der Waals surface area contributed by atoms with Gasteiger partial charge in [-0.05, 0) is 6.07 Å². The molecule has 0 atom stereocenters. The van der Waals surface area contributed by atoms with E-state index in [1.165, 1.54) is 12.1 Å². The molecule has 0 saturated carbocycles. The standard InChI is InChI=1S/C10H7ClFN5O3/c11-6-2-1-5(17(18)19)3-8(6)20-9-7(12)4-14-10(15-9)16-13/h1-4H,13H2,(H,14,15,16). The third-order valence-electron chi connectivity index (χ3n) is 2.17. The van der Waals surface area contributed by atoms with E-state index in [1.54, 1.807) is 0 Å². The lowest BCUT2D eigenvalue weighted by atomic mass is 10.3. The van der Waals surface area contributed by atoms with E-state index in [9.17, 15) is 14.5 Å². The van der Waals surface area contributed by atoms with Gasteiger partial charge in [-0.1, -0.05) is 11.6 Å². The van der Waals surface area contributed by atoms with Gasteiger partial charge in [0.15, 0.2) is 5.75 Å². The maximum atomic E-state index is 13.5. The van der Waals surface area contributed by atoms with E-state index >= 15 is 0 Å². The van der Waals surface area contributed by atoms with Crippen molar-refractivity contribution < 1.29 is 14.1 Å². The molecular formula is C10H7ClFN5O3. The number of anilines is 1. The second kappa shape index (κ2) is 5.63. The molecule has 0 saturated heterocycles. The Morgan fingerprint density at radius 2 is 2.25 bits per heavy atom. The fourth-order valence-corrected chi connectivity index (χ4v) is 1.44. The van der Waals surface area contributed by atoms with Crippen molar-refractivity contribution in [2.45, 2.75) is 0 Å². The van der Waals surface area contributed by atoms with Crippen LogP contribution in [0.3, 0.4) is 0 Å². The summed E-state index contributed by atoms with van der Waals surface area (Å²) in [5, 5.41) is 10.7. The smallest absolute Gasteiger partial charge is 0.273 e. The molecule has 0 radical (unpaired) electrons. The van der Waals surface area contributed by atoms with Crippen LogP contribution in [-0.2, 0) is 0 Å². The third kappa shape index (κ3) is 2.90. The van der Waals surface area contributed by atoms with Gasteiger partial charge in [0.05, 0.1) is 22.2 Å². The molecule has 3 N–H and O–H groups in total. The third-order valence-corrected chi connectivity index (χ3v) is 2.49. The molecule has 0 spiro atoms. The summed E-state index contributed by atoms with van der Waals surface area (Å²) in [4.78, 5) is 17.2. The Morgan fingerprint density at radius 1 is 1.50 bits per heavy atom. The molecule has 2 aromatic rings. The minimum atomic E-state index is -0.869. The highest BCUT2D eigenvalue weighted by atomic mass is 35.5. The number of aromatic nitrogens is 2. The lowest BCUT2D eigenvalue weighted by Gasteiger charge is -2.08. The molecule has 1 heterocycles. The van der Waals surface area contributed by atoms with Crippen LogP contribution in [0.25, 0.3) is 0 Å². The van der Waals surface area contributed by atoms with Crippen molar-refractivity contribution in [2.75, 3.05) is 5.43 Å². The normalized spacial score (nSPS) is 10.2. The molecule has 10 heteroatoms. The summed E-state index contributed by atoms with van der Waals surface area (Å²) in [5.41, 5.74) is 1.86. The molecule has 8 nitrogen and oxygen atoms in total. The number of hydrogen-bond donors (Lipinski definition) is 2. The van der Waals surface area contributed by atoms with Gasteiger partial charge in [0, 0.05) is 6.07 Å². The maximum Gasteiger partial charge on any atom is 0.273 e. The van der Waals surface area contributed by atoms with Gasteiger partial charge in [-0.2, -0.15) is 9.37 Å². The number of nitro benzene ring substituents is 1. The molecule has 0 aliphatic carbocycles. The quantitative estimate of drug-likeness (QED) is 0.505. The molecule has 0 bridgehead atoms. The predicted octanol–water partition coefficient (Wildman–Crippen LogP) is 2.26. The van der Waals surface area contributed by atoms with Gasteiger partial charge in [-0.3, -0.25) is 15.5 Å². The fraction of sp³-hybridized carbons (Fsp3) is 0. The van der Waals surface area contributed by atoms with Crippen molar-refractivity contribution in [3.05, 3.63) is 45.4 Å². The van der Waals surface area contributed by atoms with Crippen LogP contribution in [0.2, 0.25) is 5.02 Å². The van der Waals surface area contributed by atoms with Crippen molar-refractivity contribution in [2.24, 2.45) is 5.84 Å². The summed E-state index contributed by atoms with van der Waals surface area (Å²) < 4.78 is 18.6. The van der Waals surface area contributed by atoms with Gasteiger partial charge in [-0.25, -0.2) is 10.8 Å². The van der Waals surface area contributed by atoms with Crippen molar-refractivity contribution in [1.29, 1.82) is 0 Å². The van der Waals surface area contributed by atoms with Crippen molar-refractivity contribution in [3.8, 4) is 11.6 Å². The molecule has 1 aromatic heterocycles. The minimum Gasteiger partial charge on any atom is -0.434 e. The second-order valence-electron chi connectivity index (χ2n) is 3.46. The molecule has 0 amide bonds. The summed E-state index contributed by atoms with van der Waals surface area (Å²) in [6, 6.07) is 3.51. The number of nitrogen functional groups attached to an aromatic ring is 1. The Hall–Kier alpha value is -2.52. The number of halogens is 2. The van der Waals surface area contributed by atoms with Gasteiger partial charge in [0.25, 0.3) is 11.6 Å². The summed E-state index contributed by atoms with van der Waals surface area (Å²) in [7, 11) is 0. The number of ether oxygens (including phenoxy) is 1. The van der Waals surface area contributed by atoms with Crippen LogP contribution in [0.1, 0.15) is 0 Å². The number of benzene rings is 1. The van der Waals surface area contributed by atoms with E-state index in [0.29, 0.717) is 0 Å². The molecule has 20 heavy (non-hydrogen) atoms. The molecule has 0 aliphatic rings. The van der Waals surface area contributed by atoms with E-state index in [-0.39, 0.29) is 22.4 Å². The van der Waals surface area contributed by atoms with E-state index in [2.05, 4.69) is 15.4 Å². The van der Waals surface area contributed by atoms with E-state index in [4.69, 9.17) is 22.2 Å². The number of nitro groups is 1. The first kappa shape index (κ1) is 13.9. The number of non-ortho nitro benzene ring substituents is 1. The highest BCUT2D eigenvalue weighted by Crippen LogP contribution is 2.32. The number of hydrogen-bond acceptors (Lipinski definition) is 7. The van der Waals surface area contributed by atoms with Crippen LogP contribution in [-0.4, -0.2) is 14.9 Å². The van der Waals surface area contributed by atoms with Gasteiger partial charge >= 0.3 is 0 Å². The first-order chi connectivity index (χ1) is 9.51. The molecule has 104 valence electrons. The Balaban J connectivity index is 2.38. The first-order valence-corrected chi connectivity index (χ1v) is 5.50. The maximum absolute atomic E-state index is 13.5. The summed E-state index contributed by atoms with van der Waals surface area (Å²) in [5.74, 6) is 3.57. The Morgan fingerprint density at radius 3 is 2.90 bits per heavy atom. The molecule has 0 aliphatic heterocycles. The average Bonchev–Trinajstić information content (AvgIpc) is 2.43. The monoisotopic (exact) mass is 299 g/mol. The summed E-state index contributed by atoms with van der Waals surface area (Å²) in [6.45, 7) is 0. The van der Waals surface area contributed by atoms with Crippen molar-refractivity contribution >= 4 is 23.2 Å². The van der Waals surface area contributed by atoms with Crippen LogP contribution in [0.15, 0.2) is 24.4 Å². The van der Waals surface area contributed by atoms with Crippen LogP contribution in [0, 0.1) is 15.9 Å². The lowest BCUT2D eigenvalue weighted by Crippen LogP contribution is -2.11. The van der Waals surface area contributed by atoms with Gasteiger partial charge < -0.3 is 4.74 Å². The van der Waals surface area contributed by atoms with Gasteiger partial charge in [0.1, 0.15) is 0 Å². The number of nitrogens with zero attached hydrogens (tertiary/aromatic N) is 3. The van der Waals surface area contributed by atoms with Crippen LogP contribution >= 0.6 is 11.6 Å². The zero-order valence-corrected chi connectivity index (χ0v) is 10.5. The molecule has 0 unspecified atom stereocenters. The second-order valence-corrected chi connectivity index (χ2v) is 3.87. The largest absolute Gasteiger partial charge is 0.434 e. The zero-order chi connectivity index (χ0) is 14.7. The number of nitrogens with two attached hydrogens (primary N) is 1.